The van der Waals surface area contributed by atoms with Crippen molar-refractivity contribution in [2.45, 2.75) is 31.9 Å². The maximum absolute atomic E-state index is 12.4. The number of anilines is 1. The second kappa shape index (κ2) is 10.1. The molecule has 0 saturated carbocycles. The largest absolute Gasteiger partial charge is 0.446 e. The number of carbonyl (C=O) groups excluding carboxylic acids is 2. The highest BCUT2D eigenvalue weighted by molar-refractivity contribution is 7.16. The van der Waals surface area contributed by atoms with Crippen LogP contribution in [0.2, 0.25) is 0 Å². The van der Waals surface area contributed by atoms with Crippen LogP contribution in [0.3, 0.4) is 0 Å². The zero-order chi connectivity index (χ0) is 23.2. The summed E-state index contributed by atoms with van der Waals surface area (Å²) in [5.41, 5.74) is 2.95. The van der Waals surface area contributed by atoms with Gasteiger partial charge in [0.1, 0.15) is 17.2 Å². The molecular formula is C23H22N6O3S. The Kier molecular flexibility index (Phi) is 6.80. The molecule has 1 aliphatic carbocycles. The van der Waals surface area contributed by atoms with Crippen LogP contribution in [-0.4, -0.2) is 32.6 Å². The van der Waals surface area contributed by atoms with E-state index in [1.54, 1.807) is 35.4 Å². The molecule has 0 aromatic carbocycles. The normalized spacial score (nSPS) is 15.0. The minimum absolute atomic E-state index is 0.290. The van der Waals surface area contributed by atoms with Crippen LogP contribution in [0, 0.1) is 11.3 Å². The standard InChI is InChI=1S/C23H22N6O3S/c1-29-13-16(27-14-29)12-26-23(31)32-17-5-6-18-19(10-24)22(33-20(18)9-17)28-21(30)7-4-15-3-2-8-25-11-15/h2-4,7-8,11,13-14,17H,5-6,9,12H2,1H3,(H,26,31)(H,28,30). The van der Waals surface area contributed by atoms with Gasteiger partial charge in [0.25, 0.3) is 0 Å². The van der Waals surface area contributed by atoms with Gasteiger partial charge in [-0.25, -0.2) is 9.78 Å². The Balaban J connectivity index is 1.36. The maximum atomic E-state index is 12.4. The molecule has 0 spiro atoms. The van der Waals surface area contributed by atoms with Gasteiger partial charge in [0.2, 0.25) is 5.91 Å². The van der Waals surface area contributed by atoms with E-state index >= 15 is 0 Å². The van der Waals surface area contributed by atoms with Crippen LogP contribution >= 0.6 is 11.3 Å². The van der Waals surface area contributed by atoms with Gasteiger partial charge in [0.05, 0.1) is 24.1 Å². The van der Waals surface area contributed by atoms with Crippen molar-refractivity contribution in [1.82, 2.24) is 19.9 Å². The summed E-state index contributed by atoms with van der Waals surface area (Å²) in [6.07, 6.45) is 10.8. The van der Waals surface area contributed by atoms with E-state index in [1.165, 1.54) is 17.4 Å². The molecule has 2 N–H and O–H groups in total. The summed E-state index contributed by atoms with van der Waals surface area (Å²) in [6, 6.07) is 5.84. The number of imidazole rings is 1. The molecule has 3 aromatic rings. The second-order valence-electron chi connectivity index (χ2n) is 7.58. The Morgan fingerprint density at radius 1 is 1.45 bits per heavy atom. The van der Waals surface area contributed by atoms with E-state index in [0.717, 1.165) is 21.7 Å². The number of pyridine rings is 1. The van der Waals surface area contributed by atoms with Gasteiger partial charge >= 0.3 is 6.09 Å². The van der Waals surface area contributed by atoms with E-state index in [4.69, 9.17) is 4.74 Å². The van der Waals surface area contributed by atoms with E-state index < -0.39 is 6.09 Å². The van der Waals surface area contributed by atoms with Gasteiger partial charge in [0, 0.05) is 43.0 Å². The predicted molar refractivity (Wildman–Crippen MR) is 123 cm³/mol. The Morgan fingerprint density at radius 2 is 2.33 bits per heavy atom. The number of nitrogens with zero attached hydrogens (tertiary/aromatic N) is 4. The number of hydrogen-bond donors (Lipinski definition) is 2. The molecular weight excluding hydrogens is 440 g/mol. The van der Waals surface area contributed by atoms with E-state index in [9.17, 15) is 14.9 Å². The highest BCUT2D eigenvalue weighted by Gasteiger charge is 2.28. The quantitative estimate of drug-likeness (QED) is 0.543. The van der Waals surface area contributed by atoms with Crippen molar-refractivity contribution in [2.75, 3.05) is 5.32 Å². The van der Waals surface area contributed by atoms with Crippen molar-refractivity contribution in [3.63, 3.8) is 0 Å². The molecule has 0 aliphatic heterocycles. The topological polar surface area (TPSA) is 122 Å². The summed E-state index contributed by atoms with van der Waals surface area (Å²) >= 11 is 1.36. The van der Waals surface area contributed by atoms with Gasteiger partial charge in [-0.15, -0.1) is 11.3 Å². The first kappa shape index (κ1) is 22.2. The van der Waals surface area contributed by atoms with Crippen LogP contribution < -0.4 is 10.6 Å². The zero-order valence-corrected chi connectivity index (χ0v) is 18.8. The number of alkyl carbamates (subject to hydrolysis) is 1. The SMILES string of the molecule is Cn1cnc(CNC(=O)OC2CCc3c(sc(NC(=O)C=Cc4cccnc4)c3C#N)C2)c1. The van der Waals surface area contributed by atoms with Crippen LogP contribution in [0.5, 0.6) is 0 Å². The predicted octanol–water partition coefficient (Wildman–Crippen LogP) is 3.18. The number of aromatic nitrogens is 3. The number of nitriles is 1. The molecule has 0 saturated heterocycles. The first-order chi connectivity index (χ1) is 16.0. The number of carbonyl (C=O) groups is 2. The third-order valence-electron chi connectivity index (χ3n) is 5.13. The van der Waals surface area contributed by atoms with E-state index in [0.29, 0.717) is 29.8 Å². The lowest BCUT2D eigenvalue weighted by Crippen LogP contribution is -2.31. The Bertz CT molecular complexity index is 1220. The van der Waals surface area contributed by atoms with Gasteiger partial charge < -0.3 is 19.9 Å². The van der Waals surface area contributed by atoms with E-state index in [1.807, 2.05) is 19.3 Å². The van der Waals surface area contributed by atoms with Crippen molar-refractivity contribution >= 4 is 34.4 Å². The van der Waals surface area contributed by atoms with Crippen LogP contribution in [0.1, 0.15) is 33.7 Å². The molecule has 3 heterocycles. The summed E-state index contributed by atoms with van der Waals surface area (Å²) in [6.45, 7) is 0.290. The summed E-state index contributed by atoms with van der Waals surface area (Å²) in [7, 11) is 1.86. The third kappa shape index (κ3) is 5.64. The third-order valence-corrected chi connectivity index (χ3v) is 6.30. The molecule has 0 radical (unpaired) electrons. The number of amides is 2. The van der Waals surface area contributed by atoms with Crippen LogP contribution in [-0.2, 0) is 36.0 Å². The fourth-order valence-corrected chi connectivity index (χ4v) is 4.84. The van der Waals surface area contributed by atoms with Crippen LogP contribution in [0.15, 0.2) is 43.1 Å². The van der Waals surface area contributed by atoms with Crippen molar-refractivity contribution in [1.29, 1.82) is 5.26 Å². The first-order valence-electron chi connectivity index (χ1n) is 10.4. The smallest absolute Gasteiger partial charge is 0.407 e. The monoisotopic (exact) mass is 462 g/mol. The minimum Gasteiger partial charge on any atom is -0.446 e. The average Bonchev–Trinajstić information content (AvgIpc) is 3.38. The zero-order valence-electron chi connectivity index (χ0n) is 17.9. The Morgan fingerprint density at radius 3 is 3.06 bits per heavy atom. The van der Waals surface area contributed by atoms with Gasteiger partial charge in [-0.1, -0.05) is 6.07 Å². The molecule has 1 unspecified atom stereocenters. The van der Waals surface area contributed by atoms with Crippen molar-refractivity contribution in [3.8, 4) is 6.07 Å². The number of hydrogen-bond acceptors (Lipinski definition) is 7. The number of fused-ring (bicyclic) bond motifs is 1. The van der Waals surface area contributed by atoms with Gasteiger partial charge in [-0.2, -0.15) is 5.26 Å². The minimum atomic E-state index is -0.500. The van der Waals surface area contributed by atoms with Crippen LogP contribution in [0.4, 0.5) is 9.80 Å². The summed E-state index contributed by atoms with van der Waals surface area (Å²) in [5, 5.41) is 15.7. The molecule has 168 valence electrons. The summed E-state index contributed by atoms with van der Waals surface area (Å²) in [5.74, 6) is -0.323. The number of ether oxygens (including phenoxy) is 1. The average molecular weight is 463 g/mol. The lowest BCUT2D eigenvalue weighted by atomic mass is 9.94. The number of rotatable bonds is 6. The molecule has 9 nitrogen and oxygen atoms in total. The summed E-state index contributed by atoms with van der Waals surface area (Å²) < 4.78 is 7.37. The molecule has 33 heavy (non-hydrogen) atoms. The van der Waals surface area contributed by atoms with Crippen molar-refractivity contribution in [3.05, 3.63) is 70.4 Å². The summed E-state index contributed by atoms with van der Waals surface area (Å²) in [4.78, 5) is 33.7. The lowest BCUT2D eigenvalue weighted by Gasteiger charge is -2.22. The van der Waals surface area contributed by atoms with Crippen molar-refractivity contribution in [2.24, 2.45) is 7.05 Å². The molecule has 10 heteroatoms. The van der Waals surface area contributed by atoms with Crippen molar-refractivity contribution < 1.29 is 14.3 Å². The molecule has 0 fully saturated rings. The Hall–Kier alpha value is -3.97. The number of nitrogens with one attached hydrogen (secondary N) is 2. The lowest BCUT2D eigenvalue weighted by molar-refractivity contribution is -0.111. The molecule has 0 bridgehead atoms. The fourth-order valence-electron chi connectivity index (χ4n) is 3.58. The number of aryl methyl sites for hydroxylation is 1. The number of thiophene rings is 1. The van der Waals surface area contributed by atoms with E-state index in [-0.39, 0.29) is 18.6 Å². The van der Waals surface area contributed by atoms with Gasteiger partial charge in [0.15, 0.2) is 0 Å². The Labute approximate surface area is 194 Å². The molecule has 1 aliphatic rings. The van der Waals surface area contributed by atoms with Crippen LogP contribution in [0.25, 0.3) is 6.08 Å². The van der Waals surface area contributed by atoms with E-state index in [2.05, 4.69) is 26.7 Å². The highest BCUT2D eigenvalue weighted by atomic mass is 32.1. The maximum Gasteiger partial charge on any atom is 0.407 e. The fraction of sp³-hybridized carbons (Fsp3) is 0.261. The molecule has 4 rings (SSSR count). The molecule has 3 aromatic heterocycles. The van der Waals surface area contributed by atoms with Gasteiger partial charge in [-0.3, -0.25) is 9.78 Å². The molecule has 1 atom stereocenters. The highest BCUT2D eigenvalue weighted by Crippen LogP contribution is 2.38. The van der Waals surface area contributed by atoms with Gasteiger partial charge in [-0.05, 0) is 36.1 Å². The second-order valence-corrected chi connectivity index (χ2v) is 8.69. The first-order valence-corrected chi connectivity index (χ1v) is 11.2. The molecule has 2 amide bonds.